The van der Waals surface area contributed by atoms with E-state index >= 15 is 0 Å². The van der Waals surface area contributed by atoms with Gasteiger partial charge in [0.1, 0.15) is 5.82 Å². The molecule has 2 N–H and O–H groups in total. The first-order valence-electron chi connectivity index (χ1n) is 8.55. The fraction of sp³-hybridized carbons (Fsp3) is 0.105. The molecule has 9 nitrogen and oxygen atoms in total. The summed E-state index contributed by atoms with van der Waals surface area (Å²) in [6.07, 6.45) is 3.71. The summed E-state index contributed by atoms with van der Waals surface area (Å²) in [4.78, 5) is 21.9. The van der Waals surface area contributed by atoms with Gasteiger partial charge in [0.15, 0.2) is 5.82 Å². The molecule has 9 heteroatoms. The van der Waals surface area contributed by atoms with Crippen LogP contribution in [0.5, 0.6) is 0 Å². The lowest BCUT2D eigenvalue weighted by Crippen LogP contribution is -2.20. The van der Waals surface area contributed by atoms with Crippen LogP contribution in [0.1, 0.15) is 11.1 Å². The number of nitrogens with zero attached hydrogens (tertiary/aromatic N) is 6. The maximum absolute atomic E-state index is 11.0. The molecule has 0 aliphatic rings. The van der Waals surface area contributed by atoms with Crippen molar-refractivity contribution >= 4 is 29.3 Å². The van der Waals surface area contributed by atoms with E-state index in [1.54, 1.807) is 23.0 Å². The number of carboxylic acid groups (broad SMARTS) is 1. The summed E-state index contributed by atoms with van der Waals surface area (Å²) in [7, 11) is 0. The number of aryl methyl sites for hydroxylation is 1. The van der Waals surface area contributed by atoms with Gasteiger partial charge in [-0.2, -0.15) is 0 Å². The zero-order valence-electron chi connectivity index (χ0n) is 15.0. The minimum absolute atomic E-state index is 0.100. The van der Waals surface area contributed by atoms with Crippen LogP contribution >= 0.6 is 0 Å². The second-order valence-corrected chi connectivity index (χ2v) is 6.16. The number of anilines is 3. The summed E-state index contributed by atoms with van der Waals surface area (Å²) in [5, 5.41) is 19.3. The van der Waals surface area contributed by atoms with Gasteiger partial charge in [0, 0.05) is 18.6 Å². The topological polar surface area (TPSA) is 109 Å². The van der Waals surface area contributed by atoms with E-state index in [4.69, 9.17) is 5.11 Å². The molecule has 0 unspecified atom stereocenters. The highest BCUT2D eigenvalue weighted by molar-refractivity contribution is 5.82. The fourth-order valence-corrected chi connectivity index (χ4v) is 2.88. The molecule has 28 heavy (non-hydrogen) atoms. The molecule has 0 bridgehead atoms. The zero-order valence-corrected chi connectivity index (χ0v) is 15.0. The summed E-state index contributed by atoms with van der Waals surface area (Å²) < 4.78 is 1.55. The van der Waals surface area contributed by atoms with Gasteiger partial charge >= 0.3 is 6.09 Å². The highest BCUT2D eigenvalue weighted by Crippen LogP contribution is 2.28. The molecule has 0 aliphatic carbocycles. The van der Waals surface area contributed by atoms with Crippen molar-refractivity contribution in [3.63, 3.8) is 0 Å². The third-order valence-electron chi connectivity index (χ3n) is 4.14. The Bertz CT molecular complexity index is 1130. The van der Waals surface area contributed by atoms with Crippen molar-refractivity contribution in [2.24, 2.45) is 0 Å². The molecule has 0 spiro atoms. The first-order valence-corrected chi connectivity index (χ1v) is 8.55. The summed E-state index contributed by atoms with van der Waals surface area (Å²) in [5.41, 5.74) is 2.55. The number of aromatic nitrogens is 5. The Balaban J connectivity index is 1.84. The van der Waals surface area contributed by atoms with Gasteiger partial charge in [0.05, 0.1) is 6.54 Å². The minimum Gasteiger partial charge on any atom is -0.465 e. The Morgan fingerprint density at radius 3 is 2.71 bits per heavy atom. The lowest BCUT2D eigenvalue weighted by molar-refractivity contribution is 0.209. The van der Waals surface area contributed by atoms with Crippen LogP contribution in [0.2, 0.25) is 0 Å². The largest absolute Gasteiger partial charge is 0.465 e. The highest BCUT2D eigenvalue weighted by Gasteiger charge is 2.20. The molecule has 0 radical (unpaired) electrons. The van der Waals surface area contributed by atoms with E-state index in [1.165, 1.54) is 0 Å². The van der Waals surface area contributed by atoms with E-state index < -0.39 is 6.09 Å². The first-order chi connectivity index (χ1) is 13.6. The van der Waals surface area contributed by atoms with Crippen LogP contribution < -0.4 is 10.2 Å². The van der Waals surface area contributed by atoms with Crippen molar-refractivity contribution in [2.75, 3.05) is 10.2 Å². The monoisotopic (exact) mass is 375 g/mol. The molecule has 140 valence electrons. The fourth-order valence-electron chi connectivity index (χ4n) is 2.88. The third-order valence-corrected chi connectivity index (χ3v) is 4.14. The smallest absolute Gasteiger partial charge is 0.411 e. The molecule has 3 heterocycles. The van der Waals surface area contributed by atoms with Crippen molar-refractivity contribution in [1.29, 1.82) is 0 Å². The number of pyridine rings is 1. The Kier molecular flexibility index (Phi) is 4.55. The Hall–Kier alpha value is -4.01. The van der Waals surface area contributed by atoms with Crippen LogP contribution in [0.4, 0.5) is 22.4 Å². The summed E-state index contributed by atoms with van der Waals surface area (Å²) in [5.74, 6) is 1.33. The van der Waals surface area contributed by atoms with Crippen molar-refractivity contribution in [3.8, 4) is 0 Å². The van der Waals surface area contributed by atoms with Crippen molar-refractivity contribution < 1.29 is 9.90 Å². The van der Waals surface area contributed by atoms with Crippen LogP contribution in [-0.2, 0) is 6.54 Å². The lowest BCUT2D eigenvalue weighted by Gasteiger charge is -2.23. The third kappa shape index (κ3) is 3.45. The summed E-state index contributed by atoms with van der Waals surface area (Å²) in [6, 6.07) is 13.8. The number of hydrogen-bond acceptors (Lipinski definition) is 6. The second kappa shape index (κ2) is 7.31. The number of rotatable bonds is 5. The molecule has 0 aliphatic heterocycles. The molecule has 1 aromatic carbocycles. The standard InChI is InChI=1S/C19H17N7O2/c1-13-7-8-20-15(11-13)26(12-14-5-3-2-4-6-14)16-17-23-24-18(22-19(27)28)25(17)10-9-21-16/h2-11H,12H2,1H3,(H,22,24)(H,27,28). The molecule has 0 saturated heterocycles. The van der Waals surface area contributed by atoms with Crippen LogP contribution in [-0.4, -0.2) is 35.8 Å². The molecule has 0 saturated carbocycles. The van der Waals surface area contributed by atoms with E-state index in [9.17, 15) is 4.79 Å². The molecule has 3 aromatic heterocycles. The molecule has 4 rings (SSSR count). The highest BCUT2D eigenvalue weighted by atomic mass is 16.4. The van der Waals surface area contributed by atoms with Gasteiger partial charge < -0.3 is 10.0 Å². The number of fused-ring (bicyclic) bond motifs is 1. The first kappa shape index (κ1) is 17.4. The van der Waals surface area contributed by atoms with E-state index in [1.807, 2.05) is 54.3 Å². The van der Waals surface area contributed by atoms with Gasteiger partial charge in [-0.05, 0) is 30.2 Å². The second-order valence-electron chi connectivity index (χ2n) is 6.16. The van der Waals surface area contributed by atoms with Crippen LogP contribution in [0, 0.1) is 6.92 Å². The number of nitrogens with one attached hydrogen (secondary N) is 1. The van der Waals surface area contributed by atoms with E-state index in [0.29, 0.717) is 23.8 Å². The van der Waals surface area contributed by atoms with Crippen LogP contribution in [0.3, 0.4) is 0 Å². The number of carbonyl (C=O) groups is 1. The van der Waals surface area contributed by atoms with Crippen molar-refractivity contribution in [3.05, 3.63) is 72.2 Å². The van der Waals surface area contributed by atoms with Gasteiger partial charge in [0.25, 0.3) is 0 Å². The Morgan fingerprint density at radius 2 is 1.96 bits per heavy atom. The van der Waals surface area contributed by atoms with Crippen molar-refractivity contribution in [1.82, 2.24) is 24.6 Å². The SMILES string of the molecule is Cc1ccnc(N(Cc2ccccc2)c2nccn3c(NC(=O)O)nnc23)c1. The quantitative estimate of drug-likeness (QED) is 0.551. The van der Waals surface area contributed by atoms with Crippen molar-refractivity contribution in [2.45, 2.75) is 13.5 Å². The maximum Gasteiger partial charge on any atom is 0.411 e. The maximum atomic E-state index is 11.0. The van der Waals surface area contributed by atoms with E-state index in [0.717, 1.165) is 11.1 Å². The molecule has 4 aromatic rings. The average Bonchev–Trinajstić information content (AvgIpc) is 3.09. The molecule has 0 fully saturated rings. The zero-order chi connectivity index (χ0) is 19.5. The summed E-state index contributed by atoms with van der Waals surface area (Å²) in [6.45, 7) is 2.50. The normalized spacial score (nSPS) is 10.8. The minimum atomic E-state index is -1.21. The molecular formula is C19H17N7O2. The van der Waals surface area contributed by atoms with E-state index in [2.05, 4.69) is 25.5 Å². The molecule has 1 amide bonds. The Labute approximate surface area is 160 Å². The average molecular weight is 375 g/mol. The van der Waals surface area contributed by atoms with Gasteiger partial charge in [-0.1, -0.05) is 30.3 Å². The summed E-state index contributed by atoms with van der Waals surface area (Å²) >= 11 is 0. The van der Waals surface area contributed by atoms with Gasteiger partial charge in [-0.15, -0.1) is 10.2 Å². The number of hydrogen-bond donors (Lipinski definition) is 2. The lowest BCUT2D eigenvalue weighted by atomic mass is 10.2. The predicted molar refractivity (Wildman–Crippen MR) is 104 cm³/mol. The van der Waals surface area contributed by atoms with Crippen LogP contribution in [0.25, 0.3) is 5.65 Å². The van der Waals surface area contributed by atoms with Gasteiger partial charge in [-0.25, -0.2) is 14.8 Å². The molecular weight excluding hydrogens is 358 g/mol. The Morgan fingerprint density at radius 1 is 1.14 bits per heavy atom. The molecule has 0 atom stereocenters. The predicted octanol–water partition coefficient (Wildman–Crippen LogP) is 3.26. The van der Waals surface area contributed by atoms with E-state index in [-0.39, 0.29) is 5.95 Å². The number of amides is 1. The van der Waals surface area contributed by atoms with Gasteiger partial charge in [-0.3, -0.25) is 9.72 Å². The number of benzene rings is 1. The van der Waals surface area contributed by atoms with Crippen LogP contribution in [0.15, 0.2) is 61.1 Å². The van der Waals surface area contributed by atoms with Gasteiger partial charge in [0.2, 0.25) is 11.6 Å².